The number of rotatable bonds is 11. The highest BCUT2D eigenvalue weighted by molar-refractivity contribution is 5.97. The van der Waals surface area contributed by atoms with Crippen LogP contribution >= 0.6 is 0 Å². The summed E-state index contributed by atoms with van der Waals surface area (Å²) in [4.78, 5) is 46.2. The van der Waals surface area contributed by atoms with Crippen LogP contribution in [-0.4, -0.2) is 11.9 Å². The summed E-state index contributed by atoms with van der Waals surface area (Å²) in [6, 6.07) is 33.0. The standard InChI is InChI=1S/C31H26O6/c1-2-3-22-29(34-36-30(32)27-20-12-10-18-25(27)23-14-6-4-7-15-23)35-37-31(33)28-21-13-11-19-26(28)24-16-8-5-9-17-24/h4-21H,1-3,22H2. The SMILES string of the molecule is [CH2]CCC[C](OOC(=O)c1ccccc1-c1ccccc1)OOC(=O)c1ccccc1-c1ccccc1. The minimum Gasteiger partial charge on any atom is -0.289 e. The molecule has 0 unspecified atom stereocenters. The van der Waals surface area contributed by atoms with Crippen LogP contribution in [0.25, 0.3) is 22.3 Å². The highest BCUT2D eigenvalue weighted by Crippen LogP contribution is 2.27. The highest BCUT2D eigenvalue weighted by Gasteiger charge is 2.23. The predicted octanol–water partition coefficient (Wildman–Crippen LogP) is 7.39. The molecule has 4 aromatic carbocycles. The van der Waals surface area contributed by atoms with Gasteiger partial charge in [0.05, 0.1) is 11.1 Å². The van der Waals surface area contributed by atoms with Gasteiger partial charge in [-0.25, -0.2) is 9.59 Å². The van der Waals surface area contributed by atoms with Gasteiger partial charge in [-0.2, -0.15) is 0 Å². The van der Waals surface area contributed by atoms with Gasteiger partial charge >= 0.3 is 18.2 Å². The lowest BCUT2D eigenvalue weighted by Gasteiger charge is -2.15. The van der Waals surface area contributed by atoms with E-state index in [9.17, 15) is 9.59 Å². The Hall–Kier alpha value is -4.26. The van der Waals surface area contributed by atoms with Crippen molar-refractivity contribution in [3.8, 4) is 22.3 Å². The number of hydrogen-bond donors (Lipinski definition) is 0. The topological polar surface area (TPSA) is 71.1 Å². The van der Waals surface area contributed by atoms with Gasteiger partial charge in [-0.1, -0.05) is 110 Å². The van der Waals surface area contributed by atoms with Crippen molar-refractivity contribution >= 4 is 11.9 Å². The number of carbonyl (C=O) groups excluding carboxylic acids is 2. The van der Waals surface area contributed by atoms with Gasteiger partial charge in [0, 0.05) is 6.42 Å². The zero-order valence-corrected chi connectivity index (χ0v) is 20.2. The third-order valence-electron chi connectivity index (χ3n) is 5.52. The van der Waals surface area contributed by atoms with Crippen LogP contribution in [0, 0.1) is 13.2 Å². The van der Waals surface area contributed by atoms with Gasteiger partial charge < -0.3 is 0 Å². The van der Waals surface area contributed by atoms with Crippen molar-refractivity contribution in [2.24, 2.45) is 0 Å². The second-order valence-corrected chi connectivity index (χ2v) is 8.06. The Balaban J connectivity index is 1.42. The van der Waals surface area contributed by atoms with Crippen LogP contribution in [0.5, 0.6) is 0 Å². The molecule has 0 saturated heterocycles. The van der Waals surface area contributed by atoms with Crippen LogP contribution in [0.3, 0.4) is 0 Å². The molecule has 2 radical (unpaired) electrons. The van der Waals surface area contributed by atoms with Crippen LogP contribution in [0.1, 0.15) is 40.0 Å². The summed E-state index contributed by atoms with van der Waals surface area (Å²) >= 11 is 0. The molecule has 6 heteroatoms. The molecule has 0 fully saturated rings. The third-order valence-corrected chi connectivity index (χ3v) is 5.52. The Bertz CT molecular complexity index is 1200. The Kier molecular flexibility index (Phi) is 9.18. The molecule has 0 aromatic heterocycles. The van der Waals surface area contributed by atoms with Crippen molar-refractivity contribution in [2.75, 3.05) is 0 Å². The van der Waals surface area contributed by atoms with E-state index >= 15 is 0 Å². The van der Waals surface area contributed by atoms with E-state index in [2.05, 4.69) is 6.92 Å². The van der Waals surface area contributed by atoms with E-state index in [1.807, 2.05) is 84.9 Å². The first-order valence-electron chi connectivity index (χ1n) is 11.9. The van der Waals surface area contributed by atoms with Gasteiger partial charge in [-0.3, -0.25) is 9.78 Å². The van der Waals surface area contributed by atoms with E-state index in [1.54, 1.807) is 24.3 Å². The maximum Gasteiger partial charge on any atom is 0.373 e. The first-order valence-corrected chi connectivity index (χ1v) is 11.9. The zero-order chi connectivity index (χ0) is 25.9. The van der Waals surface area contributed by atoms with Crippen molar-refractivity contribution in [3.63, 3.8) is 0 Å². The maximum atomic E-state index is 12.8. The predicted molar refractivity (Wildman–Crippen MR) is 139 cm³/mol. The molecular weight excluding hydrogens is 468 g/mol. The number of hydrogen-bond acceptors (Lipinski definition) is 6. The van der Waals surface area contributed by atoms with Crippen LogP contribution in [0.15, 0.2) is 109 Å². The van der Waals surface area contributed by atoms with E-state index in [0.717, 1.165) is 11.1 Å². The summed E-state index contributed by atoms with van der Waals surface area (Å²) in [5, 5.41) is 0. The zero-order valence-electron chi connectivity index (χ0n) is 20.2. The van der Waals surface area contributed by atoms with Crippen molar-refractivity contribution in [3.05, 3.63) is 134 Å². The van der Waals surface area contributed by atoms with Crippen molar-refractivity contribution in [1.82, 2.24) is 0 Å². The first-order chi connectivity index (χ1) is 18.2. The molecule has 0 heterocycles. The van der Waals surface area contributed by atoms with Crippen LogP contribution in [-0.2, 0) is 19.6 Å². The molecule has 6 nitrogen and oxygen atoms in total. The third kappa shape index (κ3) is 6.91. The van der Waals surface area contributed by atoms with E-state index in [1.165, 1.54) is 0 Å². The molecule has 4 rings (SSSR count). The summed E-state index contributed by atoms with van der Waals surface area (Å²) in [5.41, 5.74) is 3.75. The lowest BCUT2D eigenvalue weighted by atomic mass is 10.00. The second-order valence-electron chi connectivity index (χ2n) is 8.06. The molecule has 0 aliphatic rings. The first kappa shape index (κ1) is 25.8. The lowest BCUT2D eigenvalue weighted by molar-refractivity contribution is -0.363. The van der Waals surface area contributed by atoms with E-state index in [4.69, 9.17) is 19.6 Å². The fourth-order valence-corrected chi connectivity index (χ4v) is 3.69. The number of carbonyl (C=O) groups is 2. The molecule has 0 amide bonds. The van der Waals surface area contributed by atoms with Gasteiger partial charge in [0.1, 0.15) is 0 Å². The minimum atomic E-state index is -0.712. The Morgan fingerprint density at radius 3 is 1.38 bits per heavy atom. The average molecular weight is 495 g/mol. The van der Waals surface area contributed by atoms with Gasteiger partial charge in [-0.05, 0) is 40.8 Å². The molecule has 186 valence electrons. The van der Waals surface area contributed by atoms with Gasteiger partial charge in [0.15, 0.2) is 0 Å². The molecule has 37 heavy (non-hydrogen) atoms. The molecule has 0 N–H and O–H groups in total. The normalized spacial score (nSPS) is 10.8. The van der Waals surface area contributed by atoms with E-state index in [0.29, 0.717) is 35.1 Å². The molecule has 0 spiro atoms. The molecule has 0 atom stereocenters. The summed E-state index contributed by atoms with van der Waals surface area (Å²) in [6.45, 7) is 3.79. The van der Waals surface area contributed by atoms with Gasteiger partial charge in [0.2, 0.25) is 0 Å². The summed E-state index contributed by atoms with van der Waals surface area (Å²) in [6.07, 6.45) is 1.18. The monoisotopic (exact) mass is 494 g/mol. The summed E-state index contributed by atoms with van der Waals surface area (Å²) in [5.74, 6) is -1.42. The van der Waals surface area contributed by atoms with Crippen LogP contribution in [0.2, 0.25) is 0 Å². The van der Waals surface area contributed by atoms with E-state index < -0.39 is 11.9 Å². The van der Waals surface area contributed by atoms with Gasteiger partial charge in [0.25, 0.3) is 0 Å². The van der Waals surface area contributed by atoms with Crippen molar-refractivity contribution in [1.29, 1.82) is 0 Å². The average Bonchev–Trinajstić information content (AvgIpc) is 2.97. The molecular formula is C31H26O6. The second kappa shape index (κ2) is 13.2. The quantitative estimate of drug-likeness (QED) is 0.160. The smallest absolute Gasteiger partial charge is 0.289 e. The minimum absolute atomic E-state index is 0.167. The summed E-state index contributed by atoms with van der Waals surface area (Å²) in [7, 11) is 0. The lowest BCUT2D eigenvalue weighted by Crippen LogP contribution is -2.17. The molecule has 0 aliphatic heterocycles. The maximum absolute atomic E-state index is 12.8. The molecule has 0 bridgehead atoms. The van der Waals surface area contributed by atoms with Crippen LogP contribution in [0.4, 0.5) is 0 Å². The molecule has 4 aromatic rings. The number of benzene rings is 4. The molecule has 0 aliphatic carbocycles. The van der Waals surface area contributed by atoms with E-state index in [-0.39, 0.29) is 12.7 Å². The highest BCUT2D eigenvalue weighted by atomic mass is 17.3. The largest absolute Gasteiger partial charge is 0.373 e. The Labute approximate surface area is 216 Å². The summed E-state index contributed by atoms with van der Waals surface area (Å²) < 4.78 is 0. The van der Waals surface area contributed by atoms with Crippen molar-refractivity contribution < 1.29 is 29.1 Å². The number of unbranched alkanes of at least 4 members (excludes halogenated alkanes) is 1. The fraction of sp³-hybridized carbons (Fsp3) is 0.0968. The van der Waals surface area contributed by atoms with Crippen LogP contribution < -0.4 is 0 Å². The Morgan fingerprint density at radius 2 is 0.946 bits per heavy atom. The molecule has 0 saturated carbocycles. The Morgan fingerprint density at radius 1 is 0.541 bits per heavy atom. The van der Waals surface area contributed by atoms with Gasteiger partial charge in [-0.15, -0.1) is 9.78 Å². The fourth-order valence-electron chi connectivity index (χ4n) is 3.69. The van der Waals surface area contributed by atoms with Crippen molar-refractivity contribution in [2.45, 2.75) is 19.3 Å².